The molecule has 0 aliphatic carbocycles. The zero-order valence-corrected chi connectivity index (χ0v) is 12.2. The van der Waals surface area contributed by atoms with Gasteiger partial charge in [0.1, 0.15) is 0 Å². The number of carbonyl (C=O) groups is 1. The molecule has 0 fully saturated rings. The predicted octanol–water partition coefficient (Wildman–Crippen LogP) is 3.78. The second-order valence-electron chi connectivity index (χ2n) is 4.12. The van der Waals surface area contributed by atoms with Crippen LogP contribution in [0.4, 0.5) is 21.9 Å². The minimum atomic E-state index is -0.489. The Morgan fingerprint density at radius 2 is 1.95 bits per heavy atom. The van der Waals surface area contributed by atoms with E-state index in [-0.39, 0.29) is 21.2 Å². The Bertz CT molecular complexity index is 710. The van der Waals surface area contributed by atoms with Crippen LogP contribution in [0, 0.1) is 0 Å². The first-order valence-electron chi connectivity index (χ1n) is 6.02. The van der Waals surface area contributed by atoms with Gasteiger partial charge >= 0.3 is 121 Å². The van der Waals surface area contributed by atoms with Gasteiger partial charge in [-0.2, -0.15) is 0 Å². The average molecular weight is 332 g/mol. The Balaban J connectivity index is 1.63. The first kappa shape index (κ1) is 12.8. The van der Waals surface area contributed by atoms with Gasteiger partial charge in [-0.3, -0.25) is 0 Å². The first-order valence-corrected chi connectivity index (χ1v) is 7.55. The fourth-order valence-corrected chi connectivity index (χ4v) is 2.93. The molecule has 20 heavy (non-hydrogen) atoms. The van der Waals surface area contributed by atoms with Crippen molar-refractivity contribution in [3.8, 4) is 0 Å². The summed E-state index contributed by atoms with van der Waals surface area (Å²) in [6.45, 7) is 0.243. The number of hydrogen-bond acceptors (Lipinski definition) is 4. The number of rotatable bonds is 3. The molecule has 2 aromatic carbocycles. The molecule has 0 unspecified atom stereocenters. The van der Waals surface area contributed by atoms with Crippen molar-refractivity contribution in [3.63, 3.8) is 0 Å². The number of carbonyl (C=O) groups excluding carboxylic acids is 1. The quantitative estimate of drug-likeness (QED) is 0.742. The van der Waals surface area contributed by atoms with Crippen LogP contribution in [0.2, 0.25) is 0 Å². The second-order valence-corrected chi connectivity index (χ2v) is 5.23. The van der Waals surface area contributed by atoms with Gasteiger partial charge in [0.2, 0.25) is 0 Å². The van der Waals surface area contributed by atoms with Crippen molar-refractivity contribution in [3.05, 3.63) is 54.1 Å². The topological polar surface area (TPSA) is 63.0 Å². The zero-order chi connectivity index (χ0) is 13.8. The summed E-state index contributed by atoms with van der Waals surface area (Å²) in [6.07, 6.45) is -0.489. The number of benzene rings is 2. The molecule has 1 aliphatic heterocycles. The number of amides is 1. The maximum absolute atomic E-state index is 11.8. The van der Waals surface area contributed by atoms with E-state index in [9.17, 15) is 4.79 Å². The number of anilines is 1. The van der Waals surface area contributed by atoms with E-state index in [1.165, 1.54) is 0 Å². The number of ether oxygens (including phenoxy) is 1. The summed E-state index contributed by atoms with van der Waals surface area (Å²) in [5.41, 5.74) is 3.16. The monoisotopic (exact) mass is 333 g/mol. The van der Waals surface area contributed by atoms with Gasteiger partial charge in [0.05, 0.1) is 0 Å². The molecule has 5 nitrogen and oxygen atoms in total. The SMILES string of the molecule is O=C(Nc1cccc2c1N=[Se]=N2)OCc1ccccc1. The van der Waals surface area contributed by atoms with E-state index in [4.69, 9.17) is 4.74 Å². The summed E-state index contributed by atoms with van der Waals surface area (Å²) in [5.74, 6) is 0. The fraction of sp³-hybridized carbons (Fsp3) is 0.0714. The van der Waals surface area contributed by atoms with Crippen LogP contribution >= 0.6 is 0 Å². The molecule has 0 atom stereocenters. The third-order valence-corrected chi connectivity index (χ3v) is 3.87. The third kappa shape index (κ3) is 2.87. The van der Waals surface area contributed by atoms with Crippen molar-refractivity contribution in [1.82, 2.24) is 0 Å². The molecular formula is C14H11N3O2Se. The van der Waals surface area contributed by atoms with Gasteiger partial charge in [-0.15, -0.1) is 0 Å². The van der Waals surface area contributed by atoms with Gasteiger partial charge in [-0.05, 0) is 0 Å². The van der Waals surface area contributed by atoms with E-state index < -0.39 is 6.09 Å². The van der Waals surface area contributed by atoms with Crippen molar-refractivity contribution in [2.24, 2.45) is 7.92 Å². The summed E-state index contributed by atoms with van der Waals surface area (Å²) in [5, 5.41) is 2.71. The Kier molecular flexibility index (Phi) is 3.76. The van der Waals surface area contributed by atoms with Gasteiger partial charge in [0.25, 0.3) is 0 Å². The van der Waals surface area contributed by atoms with E-state index in [1.54, 1.807) is 6.07 Å². The first-order chi connectivity index (χ1) is 9.83. The molecule has 6 heteroatoms. The molecule has 0 saturated carbocycles. The van der Waals surface area contributed by atoms with Crippen LogP contribution in [0.5, 0.6) is 0 Å². The summed E-state index contributed by atoms with van der Waals surface area (Å²) in [4.78, 5) is 11.8. The van der Waals surface area contributed by atoms with Crippen molar-refractivity contribution in [2.75, 3.05) is 5.32 Å². The minimum absolute atomic E-state index is 0.117. The van der Waals surface area contributed by atoms with Gasteiger partial charge in [0, 0.05) is 0 Å². The molecule has 2 aromatic rings. The molecule has 0 bridgehead atoms. The van der Waals surface area contributed by atoms with E-state index in [0.717, 1.165) is 16.9 Å². The molecule has 1 N–H and O–H groups in total. The van der Waals surface area contributed by atoms with Gasteiger partial charge in [-0.25, -0.2) is 0 Å². The summed E-state index contributed by atoms with van der Waals surface area (Å²) >= 11 is -0.117. The molecule has 0 spiro atoms. The Labute approximate surface area is 121 Å². The van der Waals surface area contributed by atoms with E-state index in [1.807, 2.05) is 42.5 Å². The average Bonchev–Trinajstić information content (AvgIpc) is 2.96. The molecule has 3 rings (SSSR count). The van der Waals surface area contributed by atoms with Crippen LogP contribution in [-0.2, 0) is 11.3 Å². The van der Waals surface area contributed by atoms with E-state index in [0.29, 0.717) is 5.69 Å². The molecule has 100 valence electrons. The van der Waals surface area contributed by atoms with Crippen LogP contribution in [0.1, 0.15) is 5.56 Å². The second kappa shape index (κ2) is 5.86. The number of nitrogens with zero attached hydrogens (tertiary/aromatic N) is 2. The molecule has 1 aliphatic rings. The van der Waals surface area contributed by atoms with Gasteiger partial charge in [0.15, 0.2) is 0 Å². The number of hydrogen-bond donors (Lipinski definition) is 1. The number of fused-ring (bicyclic) bond motifs is 1. The molecule has 1 heterocycles. The molecule has 0 saturated heterocycles. The normalized spacial score (nSPS) is 11.6. The Hall–Kier alpha value is -2.17. The van der Waals surface area contributed by atoms with Crippen molar-refractivity contribution >= 4 is 37.7 Å². The number of nitrogens with one attached hydrogen (secondary N) is 1. The molecule has 0 radical (unpaired) electrons. The van der Waals surface area contributed by atoms with E-state index in [2.05, 4.69) is 13.2 Å². The molecule has 0 aromatic heterocycles. The molecule has 1 amide bonds. The maximum atomic E-state index is 11.8. The summed E-state index contributed by atoms with van der Waals surface area (Å²) < 4.78 is 13.7. The summed E-state index contributed by atoms with van der Waals surface area (Å²) in [7, 11) is 0. The van der Waals surface area contributed by atoms with Crippen molar-refractivity contribution in [1.29, 1.82) is 0 Å². The van der Waals surface area contributed by atoms with Gasteiger partial charge in [-0.1, -0.05) is 0 Å². The Morgan fingerprint density at radius 1 is 1.10 bits per heavy atom. The van der Waals surface area contributed by atoms with Crippen molar-refractivity contribution in [2.45, 2.75) is 6.61 Å². The van der Waals surface area contributed by atoms with Crippen LogP contribution < -0.4 is 5.32 Å². The summed E-state index contributed by atoms with van der Waals surface area (Å²) in [6, 6.07) is 15.1. The zero-order valence-electron chi connectivity index (χ0n) is 10.4. The van der Waals surface area contributed by atoms with Crippen molar-refractivity contribution < 1.29 is 9.53 Å². The molecular weight excluding hydrogens is 321 g/mol. The van der Waals surface area contributed by atoms with Crippen LogP contribution in [0.25, 0.3) is 0 Å². The van der Waals surface area contributed by atoms with Gasteiger partial charge < -0.3 is 0 Å². The predicted molar refractivity (Wildman–Crippen MR) is 76.6 cm³/mol. The Morgan fingerprint density at radius 3 is 2.80 bits per heavy atom. The van der Waals surface area contributed by atoms with E-state index >= 15 is 0 Å². The fourth-order valence-electron chi connectivity index (χ4n) is 1.78. The van der Waals surface area contributed by atoms with Crippen LogP contribution in [0.3, 0.4) is 0 Å². The van der Waals surface area contributed by atoms with Crippen LogP contribution in [-0.4, -0.2) is 20.7 Å². The third-order valence-electron chi connectivity index (χ3n) is 2.74. The van der Waals surface area contributed by atoms with Crippen LogP contribution in [0.15, 0.2) is 56.5 Å². The standard InChI is InChI=1S/C14H11N3O2Se/c18-14(19-9-10-5-2-1-3-6-10)15-11-7-4-8-12-13(11)17-20-16-12/h1-8H,9H2,(H,15,18).